The Hall–Kier alpha value is -3.85. The number of nitrogens with zero attached hydrogens (tertiary/aromatic N) is 2. The van der Waals surface area contributed by atoms with E-state index in [1.165, 1.54) is 18.2 Å². The number of hydrogen-bond acceptors (Lipinski definition) is 5. The molecular formula is C21H16N4O4S. The number of H-pyrrole nitrogens is 1. The van der Waals surface area contributed by atoms with Gasteiger partial charge in [-0.2, -0.15) is 0 Å². The molecule has 0 fully saturated rings. The van der Waals surface area contributed by atoms with Gasteiger partial charge in [-0.3, -0.25) is 9.71 Å². The zero-order chi connectivity index (χ0) is 20.9. The van der Waals surface area contributed by atoms with Crippen molar-refractivity contribution in [1.82, 2.24) is 14.4 Å². The lowest BCUT2D eigenvalue weighted by Crippen LogP contribution is -2.12. The van der Waals surface area contributed by atoms with E-state index in [4.69, 9.17) is 4.42 Å². The van der Waals surface area contributed by atoms with Crippen molar-refractivity contribution in [2.45, 2.75) is 11.8 Å². The topological polar surface area (TPSA) is 109 Å². The van der Waals surface area contributed by atoms with Crippen molar-refractivity contribution >= 4 is 32.5 Å². The molecule has 0 saturated heterocycles. The number of oxazole rings is 1. The molecule has 0 atom stereocenters. The molecule has 0 aliphatic rings. The van der Waals surface area contributed by atoms with Gasteiger partial charge in [-0.15, -0.1) is 0 Å². The highest BCUT2D eigenvalue weighted by molar-refractivity contribution is 7.92. The van der Waals surface area contributed by atoms with Gasteiger partial charge in [-0.05, 0) is 55.0 Å². The minimum Gasteiger partial charge on any atom is -0.408 e. The predicted molar refractivity (Wildman–Crippen MR) is 113 cm³/mol. The summed E-state index contributed by atoms with van der Waals surface area (Å²) in [6.07, 6.45) is 3.83. The van der Waals surface area contributed by atoms with Crippen LogP contribution >= 0.6 is 0 Å². The standard InChI is InChI=1S/C21H16N4O4S/c1-13-7-8-25-12-18(22-20(25)9-13)14-3-2-4-15(10-14)24-30(27,28)16-5-6-19-17(11-16)23-21(26)29-19/h2-12,24H,1H3,(H,23,26). The van der Waals surface area contributed by atoms with Crippen molar-refractivity contribution in [3.05, 3.63) is 83.1 Å². The van der Waals surface area contributed by atoms with Gasteiger partial charge in [0.2, 0.25) is 0 Å². The molecule has 5 rings (SSSR count). The number of rotatable bonds is 4. The molecule has 0 saturated carbocycles. The second-order valence-electron chi connectivity index (χ2n) is 6.95. The zero-order valence-corrected chi connectivity index (χ0v) is 16.6. The molecule has 0 bridgehead atoms. The third-order valence-corrected chi connectivity index (χ3v) is 6.11. The van der Waals surface area contributed by atoms with E-state index in [1.807, 2.05) is 41.9 Å². The van der Waals surface area contributed by atoms with Crippen LogP contribution < -0.4 is 10.5 Å². The van der Waals surface area contributed by atoms with Crippen molar-refractivity contribution in [3.63, 3.8) is 0 Å². The molecule has 8 nitrogen and oxygen atoms in total. The first-order valence-electron chi connectivity index (χ1n) is 9.09. The Kier molecular flexibility index (Phi) is 4.00. The molecule has 3 heterocycles. The van der Waals surface area contributed by atoms with Crippen LogP contribution in [0.1, 0.15) is 5.56 Å². The highest BCUT2D eigenvalue weighted by Gasteiger charge is 2.17. The second-order valence-corrected chi connectivity index (χ2v) is 8.64. The Bertz CT molecular complexity index is 1580. The summed E-state index contributed by atoms with van der Waals surface area (Å²) in [4.78, 5) is 18.4. The van der Waals surface area contributed by atoms with Gasteiger partial charge in [0.25, 0.3) is 10.0 Å². The maximum absolute atomic E-state index is 12.8. The average molecular weight is 420 g/mol. The fourth-order valence-electron chi connectivity index (χ4n) is 3.28. The molecule has 0 aliphatic heterocycles. The van der Waals surface area contributed by atoms with Gasteiger partial charge in [0.1, 0.15) is 5.65 Å². The number of hydrogen-bond donors (Lipinski definition) is 2. The molecule has 0 spiro atoms. The van der Waals surface area contributed by atoms with E-state index < -0.39 is 15.8 Å². The van der Waals surface area contributed by atoms with E-state index in [0.29, 0.717) is 16.8 Å². The summed E-state index contributed by atoms with van der Waals surface area (Å²) in [6.45, 7) is 2.00. The van der Waals surface area contributed by atoms with Gasteiger partial charge in [0.05, 0.1) is 16.1 Å². The fourth-order valence-corrected chi connectivity index (χ4v) is 4.35. The van der Waals surface area contributed by atoms with Crippen LogP contribution in [0.25, 0.3) is 28.0 Å². The van der Waals surface area contributed by atoms with E-state index in [0.717, 1.165) is 22.5 Å². The number of aryl methyl sites for hydroxylation is 1. The average Bonchev–Trinajstić information content (AvgIpc) is 3.29. The van der Waals surface area contributed by atoms with Crippen LogP contribution in [-0.2, 0) is 10.0 Å². The Labute approximate surface area is 170 Å². The zero-order valence-electron chi connectivity index (χ0n) is 15.8. The van der Waals surface area contributed by atoms with Gasteiger partial charge in [-0.1, -0.05) is 12.1 Å². The van der Waals surface area contributed by atoms with Gasteiger partial charge in [0, 0.05) is 23.6 Å². The molecule has 150 valence electrons. The lowest BCUT2D eigenvalue weighted by atomic mass is 10.1. The van der Waals surface area contributed by atoms with Gasteiger partial charge >= 0.3 is 5.76 Å². The first-order valence-corrected chi connectivity index (χ1v) is 10.6. The summed E-state index contributed by atoms with van der Waals surface area (Å²) in [6, 6.07) is 15.2. The lowest BCUT2D eigenvalue weighted by molar-refractivity contribution is 0.555. The van der Waals surface area contributed by atoms with E-state index in [2.05, 4.69) is 14.7 Å². The lowest BCUT2D eigenvalue weighted by Gasteiger charge is -2.09. The van der Waals surface area contributed by atoms with E-state index >= 15 is 0 Å². The Balaban J connectivity index is 1.48. The molecule has 9 heteroatoms. The van der Waals surface area contributed by atoms with E-state index in [9.17, 15) is 13.2 Å². The first kappa shape index (κ1) is 18.2. The summed E-state index contributed by atoms with van der Waals surface area (Å²) < 4.78 is 35.1. The van der Waals surface area contributed by atoms with Crippen molar-refractivity contribution in [2.75, 3.05) is 4.72 Å². The number of aromatic amines is 1. The summed E-state index contributed by atoms with van der Waals surface area (Å²) >= 11 is 0. The third kappa shape index (κ3) is 3.25. The van der Waals surface area contributed by atoms with Crippen LogP contribution in [0.15, 0.2) is 81.1 Å². The van der Waals surface area contributed by atoms with Crippen molar-refractivity contribution < 1.29 is 12.8 Å². The number of nitrogens with one attached hydrogen (secondary N) is 2. The number of sulfonamides is 1. The third-order valence-electron chi connectivity index (χ3n) is 4.73. The van der Waals surface area contributed by atoms with Gasteiger partial charge < -0.3 is 8.82 Å². The minimum atomic E-state index is -3.86. The Morgan fingerprint density at radius 1 is 1.10 bits per heavy atom. The number of aromatic nitrogens is 3. The van der Waals surface area contributed by atoms with E-state index in [-0.39, 0.29) is 4.90 Å². The van der Waals surface area contributed by atoms with Crippen LogP contribution in [-0.4, -0.2) is 22.8 Å². The quantitative estimate of drug-likeness (QED) is 0.462. The molecule has 30 heavy (non-hydrogen) atoms. The van der Waals surface area contributed by atoms with Crippen LogP contribution in [0.3, 0.4) is 0 Å². The molecular weight excluding hydrogens is 404 g/mol. The van der Waals surface area contributed by atoms with Gasteiger partial charge in [0.15, 0.2) is 5.58 Å². The largest absolute Gasteiger partial charge is 0.417 e. The number of fused-ring (bicyclic) bond motifs is 2. The summed E-state index contributed by atoms with van der Waals surface area (Å²) in [5, 5.41) is 0. The number of anilines is 1. The summed E-state index contributed by atoms with van der Waals surface area (Å²) in [5.74, 6) is -0.636. The number of pyridine rings is 1. The first-order chi connectivity index (χ1) is 14.4. The molecule has 2 aromatic carbocycles. The molecule has 0 aliphatic carbocycles. The maximum Gasteiger partial charge on any atom is 0.417 e. The normalized spacial score (nSPS) is 11.9. The molecule has 0 radical (unpaired) electrons. The van der Waals surface area contributed by atoms with Crippen molar-refractivity contribution in [2.24, 2.45) is 0 Å². The molecule has 2 N–H and O–H groups in total. The molecule has 0 amide bonds. The van der Waals surface area contributed by atoms with Crippen LogP contribution in [0.5, 0.6) is 0 Å². The smallest absolute Gasteiger partial charge is 0.408 e. The minimum absolute atomic E-state index is 0.0145. The number of imidazole rings is 1. The monoisotopic (exact) mass is 420 g/mol. The Morgan fingerprint density at radius 2 is 1.97 bits per heavy atom. The fraction of sp³-hybridized carbons (Fsp3) is 0.0476. The van der Waals surface area contributed by atoms with Crippen LogP contribution in [0.2, 0.25) is 0 Å². The second kappa shape index (κ2) is 6.60. The highest BCUT2D eigenvalue weighted by atomic mass is 32.2. The summed E-state index contributed by atoms with van der Waals surface area (Å²) in [7, 11) is -3.86. The Morgan fingerprint density at radius 3 is 2.83 bits per heavy atom. The molecule has 0 unspecified atom stereocenters. The van der Waals surface area contributed by atoms with Crippen LogP contribution in [0, 0.1) is 6.92 Å². The van der Waals surface area contributed by atoms with E-state index in [1.54, 1.807) is 18.2 Å². The summed E-state index contributed by atoms with van der Waals surface area (Å²) in [5.41, 5.74) is 4.46. The van der Waals surface area contributed by atoms with Crippen LogP contribution in [0.4, 0.5) is 5.69 Å². The van der Waals surface area contributed by atoms with Crippen molar-refractivity contribution in [3.8, 4) is 11.3 Å². The van der Waals surface area contributed by atoms with Gasteiger partial charge in [-0.25, -0.2) is 18.2 Å². The number of benzene rings is 2. The predicted octanol–water partition coefficient (Wildman–Crippen LogP) is 3.55. The SMILES string of the molecule is Cc1ccn2cc(-c3cccc(NS(=O)(=O)c4ccc5oc(=O)[nH]c5c4)c3)nc2c1. The van der Waals surface area contributed by atoms with Crippen molar-refractivity contribution in [1.29, 1.82) is 0 Å². The molecule has 5 aromatic rings. The maximum atomic E-state index is 12.8. The highest BCUT2D eigenvalue weighted by Crippen LogP contribution is 2.25. The molecule has 3 aromatic heterocycles.